The van der Waals surface area contributed by atoms with Crippen LogP contribution in [-0.2, 0) is 13.2 Å². The highest BCUT2D eigenvalue weighted by atomic mass is 35.5. The van der Waals surface area contributed by atoms with Crippen molar-refractivity contribution in [2.45, 2.75) is 44.9 Å². The first-order chi connectivity index (χ1) is 10.3. The molecule has 1 aromatic carbocycles. The zero-order chi connectivity index (χ0) is 14.7. The summed E-state index contributed by atoms with van der Waals surface area (Å²) in [7, 11) is 0. The number of aliphatic hydroxyl groups excluding tert-OH is 1. The van der Waals surface area contributed by atoms with E-state index in [1.54, 1.807) is 18.2 Å². The molecule has 0 unspecified atom stereocenters. The van der Waals surface area contributed by atoms with E-state index in [9.17, 15) is 5.11 Å². The van der Waals surface area contributed by atoms with Crippen molar-refractivity contribution in [3.8, 4) is 5.75 Å². The summed E-state index contributed by atoms with van der Waals surface area (Å²) in [5, 5.41) is 14.5. The molecule has 3 rings (SSSR count). The van der Waals surface area contributed by atoms with Crippen LogP contribution in [-0.4, -0.2) is 14.9 Å². The van der Waals surface area contributed by atoms with Gasteiger partial charge in [0.1, 0.15) is 12.4 Å². The molecule has 1 N–H and O–H groups in total. The number of hydrogen-bond acceptors (Lipinski definition) is 3. The predicted octanol–water partition coefficient (Wildman–Crippen LogP) is 3.72. The van der Waals surface area contributed by atoms with E-state index >= 15 is 0 Å². The standard InChI is InChI=1S/C16H19ClN2O2/c17-13-5-6-16(12(9-13)10-20)21-11-14-7-8-19(18-14)15-3-1-2-4-15/h5-9,15,20H,1-4,10-11H2. The zero-order valence-electron chi connectivity index (χ0n) is 11.8. The quantitative estimate of drug-likeness (QED) is 0.915. The van der Waals surface area contributed by atoms with Crippen LogP contribution in [0.3, 0.4) is 0 Å². The van der Waals surface area contributed by atoms with E-state index in [2.05, 4.69) is 9.78 Å². The lowest BCUT2D eigenvalue weighted by Crippen LogP contribution is -2.06. The topological polar surface area (TPSA) is 47.3 Å². The van der Waals surface area contributed by atoms with E-state index in [1.807, 2.05) is 12.3 Å². The average Bonchev–Trinajstić information content (AvgIpc) is 3.16. The smallest absolute Gasteiger partial charge is 0.132 e. The molecule has 0 saturated heterocycles. The minimum atomic E-state index is -0.0909. The van der Waals surface area contributed by atoms with Crippen LogP contribution in [0.25, 0.3) is 0 Å². The molecule has 2 aromatic rings. The second kappa shape index (κ2) is 6.50. The van der Waals surface area contributed by atoms with Crippen LogP contribution in [0.2, 0.25) is 5.02 Å². The Bertz CT molecular complexity index is 606. The van der Waals surface area contributed by atoms with Crippen LogP contribution in [0, 0.1) is 0 Å². The summed E-state index contributed by atoms with van der Waals surface area (Å²) in [6.45, 7) is 0.306. The first-order valence-electron chi connectivity index (χ1n) is 7.32. The fourth-order valence-electron chi connectivity index (χ4n) is 2.79. The Morgan fingerprint density at radius 1 is 1.29 bits per heavy atom. The molecular formula is C16H19ClN2O2. The summed E-state index contributed by atoms with van der Waals surface area (Å²) in [6, 6.07) is 7.79. The van der Waals surface area contributed by atoms with E-state index in [0.717, 1.165) is 5.69 Å². The van der Waals surface area contributed by atoms with Gasteiger partial charge in [0.05, 0.1) is 18.3 Å². The first-order valence-corrected chi connectivity index (χ1v) is 7.70. The van der Waals surface area contributed by atoms with Gasteiger partial charge in [-0.05, 0) is 37.1 Å². The van der Waals surface area contributed by atoms with Crippen molar-refractivity contribution in [3.05, 3.63) is 46.7 Å². The van der Waals surface area contributed by atoms with Crippen molar-refractivity contribution in [2.75, 3.05) is 0 Å². The molecule has 112 valence electrons. The maximum atomic E-state index is 9.33. The molecule has 0 aliphatic heterocycles. The second-order valence-electron chi connectivity index (χ2n) is 5.42. The lowest BCUT2D eigenvalue weighted by molar-refractivity contribution is 0.256. The molecule has 0 bridgehead atoms. The van der Waals surface area contributed by atoms with Gasteiger partial charge in [-0.25, -0.2) is 0 Å². The van der Waals surface area contributed by atoms with E-state index in [-0.39, 0.29) is 6.61 Å². The number of ether oxygens (including phenoxy) is 1. The van der Waals surface area contributed by atoms with Crippen molar-refractivity contribution in [1.82, 2.24) is 9.78 Å². The minimum absolute atomic E-state index is 0.0909. The zero-order valence-corrected chi connectivity index (χ0v) is 12.6. The summed E-state index contributed by atoms with van der Waals surface area (Å²) in [5.41, 5.74) is 1.60. The number of aromatic nitrogens is 2. The van der Waals surface area contributed by atoms with Gasteiger partial charge in [-0.1, -0.05) is 24.4 Å². The van der Waals surface area contributed by atoms with Crippen LogP contribution in [0.15, 0.2) is 30.5 Å². The third-order valence-corrected chi connectivity index (χ3v) is 4.17. The predicted molar refractivity (Wildman–Crippen MR) is 81.4 cm³/mol. The molecule has 1 aliphatic carbocycles. The number of hydrogen-bond donors (Lipinski definition) is 1. The molecule has 0 amide bonds. The SMILES string of the molecule is OCc1cc(Cl)ccc1OCc1ccn(C2CCCC2)n1. The monoisotopic (exact) mass is 306 g/mol. The molecule has 1 aliphatic rings. The van der Waals surface area contributed by atoms with Gasteiger partial charge >= 0.3 is 0 Å². The molecule has 1 heterocycles. The highest BCUT2D eigenvalue weighted by Crippen LogP contribution is 2.29. The van der Waals surface area contributed by atoms with E-state index < -0.39 is 0 Å². The van der Waals surface area contributed by atoms with E-state index in [4.69, 9.17) is 16.3 Å². The van der Waals surface area contributed by atoms with Gasteiger partial charge in [0, 0.05) is 16.8 Å². The highest BCUT2D eigenvalue weighted by Gasteiger charge is 2.17. The van der Waals surface area contributed by atoms with Crippen molar-refractivity contribution in [1.29, 1.82) is 0 Å². The Kier molecular flexibility index (Phi) is 4.46. The van der Waals surface area contributed by atoms with E-state index in [1.165, 1.54) is 25.7 Å². The van der Waals surface area contributed by atoms with Gasteiger partial charge in [-0.2, -0.15) is 5.10 Å². The number of benzene rings is 1. The molecule has 1 aromatic heterocycles. The Hall–Kier alpha value is -1.52. The summed E-state index contributed by atoms with van der Waals surface area (Å²) >= 11 is 5.91. The van der Waals surface area contributed by atoms with Crippen LogP contribution in [0.4, 0.5) is 0 Å². The Balaban J connectivity index is 1.65. The number of rotatable bonds is 5. The lowest BCUT2D eigenvalue weighted by Gasteiger charge is -2.10. The maximum absolute atomic E-state index is 9.33. The van der Waals surface area contributed by atoms with E-state index in [0.29, 0.717) is 29.0 Å². The first kappa shape index (κ1) is 14.4. The van der Waals surface area contributed by atoms with Crippen molar-refractivity contribution < 1.29 is 9.84 Å². The molecule has 5 heteroatoms. The fourth-order valence-corrected chi connectivity index (χ4v) is 2.99. The largest absolute Gasteiger partial charge is 0.487 e. The van der Waals surface area contributed by atoms with Crippen LogP contribution < -0.4 is 4.74 Å². The molecule has 1 saturated carbocycles. The van der Waals surface area contributed by atoms with Gasteiger partial charge in [-0.3, -0.25) is 4.68 Å². The molecule has 21 heavy (non-hydrogen) atoms. The van der Waals surface area contributed by atoms with Crippen molar-refractivity contribution in [3.63, 3.8) is 0 Å². The number of halogens is 1. The summed E-state index contributed by atoms with van der Waals surface area (Å²) in [5.74, 6) is 0.650. The summed E-state index contributed by atoms with van der Waals surface area (Å²) in [6.07, 6.45) is 7.05. The molecule has 4 nitrogen and oxygen atoms in total. The van der Waals surface area contributed by atoms with Gasteiger partial charge in [-0.15, -0.1) is 0 Å². The molecule has 0 atom stereocenters. The van der Waals surface area contributed by atoms with Crippen molar-refractivity contribution >= 4 is 11.6 Å². The third kappa shape index (κ3) is 3.39. The Morgan fingerprint density at radius 3 is 2.86 bits per heavy atom. The summed E-state index contributed by atoms with van der Waals surface area (Å²) < 4.78 is 7.81. The Morgan fingerprint density at radius 2 is 2.10 bits per heavy atom. The van der Waals surface area contributed by atoms with Gasteiger partial charge in [0.2, 0.25) is 0 Å². The molecule has 1 fully saturated rings. The van der Waals surface area contributed by atoms with Crippen LogP contribution in [0.1, 0.15) is 43.0 Å². The van der Waals surface area contributed by atoms with Crippen LogP contribution >= 0.6 is 11.6 Å². The Labute approximate surface area is 129 Å². The normalized spacial score (nSPS) is 15.5. The fraction of sp³-hybridized carbons (Fsp3) is 0.438. The molecule has 0 radical (unpaired) electrons. The van der Waals surface area contributed by atoms with Gasteiger partial charge in [0.15, 0.2) is 0 Å². The maximum Gasteiger partial charge on any atom is 0.132 e. The average molecular weight is 307 g/mol. The molecular weight excluding hydrogens is 288 g/mol. The van der Waals surface area contributed by atoms with Crippen LogP contribution in [0.5, 0.6) is 5.75 Å². The molecule has 0 spiro atoms. The second-order valence-corrected chi connectivity index (χ2v) is 5.86. The minimum Gasteiger partial charge on any atom is -0.487 e. The lowest BCUT2D eigenvalue weighted by atomic mass is 10.2. The van der Waals surface area contributed by atoms with Crippen molar-refractivity contribution in [2.24, 2.45) is 0 Å². The highest BCUT2D eigenvalue weighted by molar-refractivity contribution is 6.30. The summed E-state index contributed by atoms with van der Waals surface area (Å²) in [4.78, 5) is 0. The third-order valence-electron chi connectivity index (χ3n) is 3.93. The number of nitrogens with zero attached hydrogens (tertiary/aromatic N) is 2. The van der Waals surface area contributed by atoms with Gasteiger partial charge in [0.25, 0.3) is 0 Å². The number of aliphatic hydroxyl groups is 1. The van der Waals surface area contributed by atoms with Gasteiger partial charge < -0.3 is 9.84 Å².